The van der Waals surface area contributed by atoms with E-state index in [2.05, 4.69) is 29.4 Å². The van der Waals surface area contributed by atoms with Gasteiger partial charge in [0.1, 0.15) is 14.4 Å². The van der Waals surface area contributed by atoms with Gasteiger partial charge in [0.25, 0.3) is 0 Å². The Bertz CT molecular complexity index is 179. The lowest BCUT2D eigenvalue weighted by molar-refractivity contribution is 0.326. The molecule has 1 saturated heterocycles. The van der Waals surface area contributed by atoms with E-state index >= 15 is 0 Å². The van der Waals surface area contributed by atoms with Crippen molar-refractivity contribution in [3.8, 4) is 0 Å². The molecule has 1 aliphatic heterocycles. The normalized spacial score (nSPS) is 26.8. The standard InChI is InChI=1S/C9H20N2OSi/c1-13(2,3)11-8-6-4-5-7-9(11)10-12/h9H,4-8H2,1-3H3. The number of nitrogens with zero attached hydrogens (tertiary/aromatic N) is 2. The molecule has 4 heteroatoms. The van der Waals surface area contributed by atoms with E-state index in [1.807, 2.05) is 0 Å². The van der Waals surface area contributed by atoms with Crippen LogP contribution in [0.15, 0.2) is 5.18 Å². The van der Waals surface area contributed by atoms with Crippen molar-refractivity contribution in [3.05, 3.63) is 4.91 Å². The Morgan fingerprint density at radius 3 is 2.46 bits per heavy atom. The molecular formula is C9H20N2OSi. The van der Waals surface area contributed by atoms with Crippen LogP contribution in [0.5, 0.6) is 0 Å². The van der Waals surface area contributed by atoms with Gasteiger partial charge < -0.3 is 4.57 Å². The Morgan fingerprint density at radius 2 is 1.92 bits per heavy atom. The lowest BCUT2D eigenvalue weighted by Crippen LogP contribution is -2.50. The van der Waals surface area contributed by atoms with Crippen molar-refractivity contribution in [2.45, 2.75) is 51.5 Å². The molecular weight excluding hydrogens is 180 g/mol. The van der Waals surface area contributed by atoms with Gasteiger partial charge in [0.15, 0.2) is 0 Å². The van der Waals surface area contributed by atoms with Crippen LogP contribution in [0.1, 0.15) is 25.7 Å². The fourth-order valence-corrected chi connectivity index (χ4v) is 3.88. The third-order valence-corrected chi connectivity index (χ3v) is 4.95. The lowest BCUT2D eigenvalue weighted by atomic mass is 10.2. The zero-order valence-corrected chi connectivity index (χ0v) is 9.92. The molecule has 1 atom stereocenters. The van der Waals surface area contributed by atoms with E-state index in [0.29, 0.717) is 0 Å². The molecule has 0 aliphatic carbocycles. The third kappa shape index (κ3) is 2.88. The summed E-state index contributed by atoms with van der Waals surface area (Å²) >= 11 is 0. The third-order valence-electron chi connectivity index (χ3n) is 2.70. The van der Waals surface area contributed by atoms with Crippen LogP contribution in [-0.4, -0.2) is 25.5 Å². The van der Waals surface area contributed by atoms with Crippen LogP contribution >= 0.6 is 0 Å². The molecule has 0 spiro atoms. The monoisotopic (exact) mass is 200 g/mol. The predicted octanol–water partition coefficient (Wildman–Crippen LogP) is 2.79. The second kappa shape index (κ2) is 4.33. The predicted molar refractivity (Wildman–Crippen MR) is 58.1 cm³/mol. The van der Waals surface area contributed by atoms with E-state index in [-0.39, 0.29) is 6.17 Å². The van der Waals surface area contributed by atoms with E-state index in [0.717, 1.165) is 19.4 Å². The van der Waals surface area contributed by atoms with Crippen molar-refractivity contribution >= 4 is 8.24 Å². The van der Waals surface area contributed by atoms with Crippen molar-refractivity contribution in [1.29, 1.82) is 0 Å². The van der Waals surface area contributed by atoms with Crippen molar-refractivity contribution in [2.24, 2.45) is 5.18 Å². The van der Waals surface area contributed by atoms with Crippen LogP contribution in [0.25, 0.3) is 0 Å². The number of hydrogen-bond acceptors (Lipinski definition) is 3. The number of rotatable bonds is 2. The van der Waals surface area contributed by atoms with Gasteiger partial charge in [-0.1, -0.05) is 31.2 Å². The first kappa shape index (κ1) is 10.9. The van der Waals surface area contributed by atoms with Gasteiger partial charge in [-0.2, -0.15) is 0 Å². The molecule has 1 aliphatic rings. The summed E-state index contributed by atoms with van der Waals surface area (Å²) in [4.78, 5) is 10.7. The van der Waals surface area contributed by atoms with Gasteiger partial charge in [0.2, 0.25) is 0 Å². The number of nitroso groups, excluding NO2 is 1. The molecule has 13 heavy (non-hydrogen) atoms. The highest BCUT2D eigenvalue weighted by Crippen LogP contribution is 2.23. The minimum absolute atomic E-state index is 0.0332. The summed E-state index contributed by atoms with van der Waals surface area (Å²) in [6.45, 7) is 7.94. The first-order chi connectivity index (χ1) is 6.05. The van der Waals surface area contributed by atoms with Crippen LogP contribution in [-0.2, 0) is 0 Å². The van der Waals surface area contributed by atoms with Crippen LogP contribution < -0.4 is 0 Å². The zero-order chi connectivity index (χ0) is 9.90. The van der Waals surface area contributed by atoms with Crippen molar-refractivity contribution in [1.82, 2.24) is 4.57 Å². The Hall–Kier alpha value is -0.223. The highest BCUT2D eigenvalue weighted by atomic mass is 28.3. The van der Waals surface area contributed by atoms with E-state index in [1.54, 1.807) is 0 Å². The van der Waals surface area contributed by atoms with Crippen LogP contribution in [0.2, 0.25) is 19.6 Å². The molecule has 0 aromatic rings. The van der Waals surface area contributed by atoms with Crippen LogP contribution in [0.4, 0.5) is 0 Å². The highest BCUT2D eigenvalue weighted by Gasteiger charge is 2.31. The van der Waals surface area contributed by atoms with Crippen LogP contribution in [0, 0.1) is 4.91 Å². The average Bonchev–Trinajstić information content (AvgIpc) is 2.26. The molecule has 0 bridgehead atoms. The van der Waals surface area contributed by atoms with Gasteiger partial charge in [-0.05, 0) is 25.8 Å². The molecule has 0 radical (unpaired) electrons. The summed E-state index contributed by atoms with van der Waals surface area (Å²) in [6.07, 6.45) is 4.59. The Morgan fingerprint density at radius 1 is 1.23 bits per heavy atom. The second-order valence-electron chi connectivity index (χ2n) is 4.80. The maximum atomic E-state index is 10.7. The van der Waals surface area contributed by atoms with E-state index in [9.17, 15) is 4.91 Å². The van der Waals surface area contributed by atoms with Gasteiger partial charge in [-0.25, -0.2) is 0 Å². The molecule has 1 fully saturated rings. The Kier molecular flexibility index (Phi) is 3.61. The number of hydrogen-bond donors (Lipinski definition) is 0. The van der Waals surface area contributed by atoms with Gasteiger partial charge in [-0.15, -0.1) is 4.91 Å². The molecule has 0 amide bonds. The summed E-state index contributed by atoms with van der Waals surface area (Å²) in [6, 6.07) is 0. The second-order valence-corrected chi connectivity index (χ2v) is 9.72. The Balaban J connectivity index is 2.70. The molecule has 0 aromatic heterocycles. The van der Waals surface area contributed by atoms with E-state index in [4.69, 9.17) is 0 Å². The molecule has 1 heterocycles. The topological polar surface area (TPSA) is 32.7 Å². The maximum Gasteiger partial charge on any atom is 0.138 e. The largest absolute Gasteiger partial charge is 0.301 e. The highest BCUT2D eigenvalue weighted by molar-refractivity contribution is 6.73. The van der Waals surface area contributed by atoms with Gasteiger partial charge in [-0.3, -0.25) is 0 Å². The zero-order valence-electron chi connectivity index (χ0n) is 8.92. The molecule has 0 saturated carbocycles. The van der Waals surface area contributed by atoms with Crippen LogP contribution in [0.3, 0.4) is 0 Å². The first-order valence-corrected chi connectivity index (χ1v) is 8.59. The van der Waals surface area contributed by atoms with Crippen molar-refractivity contribution in [3.63, 3.8) is 0 Å². The molecule has 1 unspecified atom stereocenters. The fraction of sp³-hybridized carbons (Fsp3) is 1.00. The first-order valence-electron chi connectivity index (χ1n) is 5.15. The SMILES string of the molecule is C[Si](C)(C)N1CCCCCC1N=O. The molecule has 0 aromatic carbocycles. The van der Waals surface area contributed by atoms with Crippen molar-refractivity contribution < 1.29 is 0 Å². The molecule has 3 nitrogen and oxygen atoms in total. The average molecular weight is 200 g/mol. The minimum Gasteiger partial charge on any atom is -0.301 e. The van der Waals surface area contributed by atoms with E-state index < -0.39 is 8.24 Å². The molecule has 0 N–H and O–H groups in total. The minimum atomic E-state index is -1.33. The van der Waals surface area contributed by atoms with E-state index in [1.165, 1.54) is 12.8 Å². The maximum absolute atomic E-state index is 10.7. The summed E-state index contributed by atoms with van der Waals surface area (Å²) in [5, 5.41) is 3.27. The summed E-state index contributed by atoms with van der Waals surface area (Å²) in [7, 11) is -1.33. The van der Waals surface area contributed by atoms with Gasteiger partial charge in [0, 0.05) is 0 Å². The smallest absolute Gasteiger partial charge is 0.138 e. The summed E-state index contributed by atoms with van der Waals surface area (Å²) in [5.41, 5.74) is 0. The van der Waals surface area contributed by atoms with Gasteiger partial charge in [0.05, 0.1) is 0 Å². The van der Waals surface area contributed by atoms with Crippen molar-refractivity contribution in [2.75, 3.05) is 6.54 Å². The quantitative estimate of drug-likeness (QED) is 0.507. The molecule has 76 valence electrons. The Labute approximate surface area is 81.6 Å². The lowest BCUT2D eigenvalue weighted by Gasteiger charge is -2.35. The summed E-state index contributed by atoms with van der Waals surface area (Å²) < 4.78 is 2.37. The van der Waals surface area contributed by atoms with Gasteiger partial charge >= 0.3 is 0 Å². The molecule has 1 rings (SSSR count). The summed E-state index contributed by atoms with van der Waals surface area (Å²) in [5.74, 6) is 0. The fourth-order valence-electron chi connectivity index (χ4n) is 1.98.